The van der Waals surface area contributed by atoms with Gasteiger partial charge in [0.2, 0.25) is 0 Å². The van der Waals surface area contributed by atoms with E-state index in [1.165, 1.54) is 5.56 Å². The summed E-state index contributed by atoms with van der Waals surface area (Å²) in [5, 5.41) is 3.45. The number of rotatable bonds is 7. The molecule has 0 heterocycles. The Balaban J connectivity index is 2.78. The van der Waals surface area contributed by atoms with Crippen LogP contribution in [0.3, 0.4) is 0 Å². The molecule has 0 bridgehead atoms. The highest BCUT2D eigenvalue weighted by Crippen LogP contribution is 2.30. The molecule has 0 aliphatic heterocycles. The molecule has 0 saturated carbocycles. The number of hydrogen-bond acceptors (Lipinski definition) is 3. The van der Waals surface area contributed by atoms with Gasteiger partial charge in [-0.2, -0.15) is 0 Å². The van der Waals surface area contributed by atoms with Crippen LogP contribution in [0.15, 0.2) is 18.2 Å². The normalized spacial score (nSPS) is 11.4. The highest BCUT2D eigenvalue weighted by molar-refractivity contribution is 5.44. The van der Waals surface area contributed by atoms with Gasteiger partial charge in [0.25, 0.3) is 0 Å². The van der Waals surface area contributed by atoms with Crippen LogP contribution in [0.25, 0.3) is 0 Å². The summed E-state index contributed by atoms with van der Waals surface area (Å²) < 4.78 is 10.9. The van der Waals surface area contributed by atoms with E-state index in [0.717, 1.165) is 24.5 Å². The Morgan fingerprint density at radius 1 is 1.32 bits per heavy atom. The van der Waals surface area contributed by atoms with Crippen molar-refractivity contribution in [1.82, 2.24) is 5.32 Å². The molecule has 0 amide bonds. The van der Waals surface area contributed by atoms with Crippen molar-refractivity contribution in [3.8, 4) is 23.3 Å². The maximum atomic E-state index is 5.57. The lowest BCUT2D eigenvalue weighted by Crippen LogP contribution is -2.19. The number of hydrogen-bond donors (Lipinski definition) is 1. The van der Waals surface area contributed by atoms with Gasteiger partial charge in [0, 0.05) is 6.04 Å². The highest BCUT2D eigenvalue weighted by atomic mass is 16.5. The molecular weight excluding hydrogens is 238 g/mol. The number of nitrogens with one attached hydrogen (secondary N) is 1. The lowest BCUT2D eigenvalue weighted by molar-refractivity contribution is 0.330. The van der Waals surface area contributed by atoms with Crippen LogP contribution in [-0.2, 0) is 0 Å². The highest BCUT2D eigenvalue weighted by Gasteiger charge is 2.09. The zero-order valence-electron chi connectivity index (χ0n) is 12.2. The molecule has 0 aromatic heterocycles. The molecule has 1 unspecified atom stereocenters. The van der Waals surface area contributed by atoms with Gasteiger partial charge in [-0.05, 0) is 44.5 Å². The Labute approximate surface area is 116 Å². The van der Waals surface area contributed by atoms with Gasteiger partial charge in [0.15, 0.2) is 11.5 Å². The first kappa shape index (κ1) is 15.4. The fraction of sp³-hybridized carbons (Fsp3) is 0.500. The molecule has 1 aromatic carbocycles. The molecule has 19 heavy (non-hydrogen) atoms. The van der Waals surface area contributed by atoms with Crippen LogP contribution in [0.1, 0.15) is 38.8 Å². The van der Waals surface area contributed by atoms with E-state index in [0.29, 0.717) is 12.6 Å². The standard InChI is InChI=1S/C16H23NO2/c1-5-7-11-19-15-9-8-14(12-16(15)18-4)13(3)17-10-6-2/h8-9,12-13,17H,6,10-11H2,1-4H3. The zero-order chi connectivity index (χ0) is 14.1. The number of ether oxygens (including phenoxy) is 2. The third-order valence-electron chi connectivity index (χ3n) is 2.86. The topological polar surface area (TPSA) is 30.5 Å². The third kappa shape index (κ3) is 4.84. The van der Waals surface area contributed by atoms with Crippen LogP contribution >= 0.6 is 0 Å². The first-order valence-electron chi connectivity index (χ1n) is 6.66. The molecule has 3 nitrogen and oxygen atoms in total. The van der Waals surface area contributed by atoms with Gasteiger partial charge in [-0.1, -0.05) is 18.9 Å². The van der Waals surface area contributed by atoms with Gasteiger partial charge in [0.05, 0.1) is 7.11 Å². The second-order valence-electron chi connectivity index (χ2n) is 4.30. The summed E-state index contributed by atoms with van der Waals surface area (Å²) in [7, 11) is 1.65. The lowest BCUT2D eigenvalue weighted by atomic mass is 10.1. The van der Waals surface area contributed by atoms with Crippen molar-refractivity contribution in [2.45, 2.75) is 33.2 Å². The molecule has 0 fully saturated rings. The molecule has 1 N–H and O–H groups in total. The second kappa shape index (κ2) is 8.44. The van der Waals surface area contributed by atoms with E-state index in [9.17, 15) is 0 Å². The molecule has 3 heteroatoms. The summed E-state index contributed by atoms with van der Waals surface area (Å²) >= 11 is 0. The van der Waals surface area contributed by atoms with Crippen molar-refractivity contribution in [3.63, 3.8) is 0 Å². The minimum absolute atomic E-state index is 0.304. The van der Waals surface area contributed by atoms with E-state index in [1.54, 1.807) is 14.0 Å². The quantitative estimate of drug-likeness (QED) is 0.765. The van der Waals surface area contributed by atoms with Gasteiger partial charge in [-0.25, -0.2) is 0 Å². The van der Waals surface area contributed by atoms with Gasteiger partial charge >= 0.3 is 0 Å². The fourth-order valence-corrected chi connectivity index (χ4v) is 1.74. The molecule has 104 valence electrons. The molecule has 0 saturated heterocycles. The first-order valence-corrected chi connectivity index (χ1v) is 6.66. The Morgan fingerprint density at radius 3 is 2.74 bits per heavy atom. The molecule has 0 aliphatic rings. The predicted molar refractivity (Wildman–Crippen MR) is 78.6 cm³/mol. The summed E-state index contributed by atoms with van der Waals surface area (Å²) in [6.45, 7) is 7.49. The summed E-state index contributed by atoms with van der Waals surface area (Å²) in [5.74, 6) is 7.16. The molecule has 1 atom stereocenters. The Bertz CT molecular complexity index is 446. The van der Waals surface area contributed by atoms with Crippen molar-refractivity contribution in [2.24, 2.45) is 0 Å². The van der Waals surface area contributed by atoms with Crippen LogP contribution in [0, 0.1) is 11.8 Å². The Hall–Kier alpha value is -1.66. The summed E-state index contributed by atoms with van der Waals surface area (Å²) in [4.78, 5) is 0. The van der Waals surface area contributed by atoms with Gasteiger partial charge in [-0.15, -0.1) is 5.92 Å². The smallest absolute Gasteiger partial charge is 0.162 e. The van der Waals surface area contributed by atoms with Crippen molar-refractivity contribution < 1.29 is 9.47 Å². The number of methoxy groups -OCH3 is 1. The van der Waals surface area contributed by atoms with E-state index in [4.69, 9.17) is 9.47 Å². The van der Waals surface area contributed by atoms with E-state index in [-0.39, 0.29) is 0 Å². The van der Waals surface area contributed by atoms with Gasteiger partial charge in [-0.3, -0.25) is 0 Å². The second-order valence-corrected chi connectivity index (χ2v) is 4.30. The van der Waals surface area contributed by atoms with E-state index >= 15 is 0 Å². The van der Waals surface area contributed by atoms with Crippen LogP contribution in [0.5, 0.6) is 11.5 Å². The maximum Gasteiger partial charge on any atom is 0.162 e. The zero-order valence-corrected chi connectivity index (χ0v) is 12.2. The molecule has 1 aromatic rings. The Morgan fingerprint density at radius 2 is 2.11 bits per heavy atom. The molecular formula is C16H23NO2. The minimum Gasteiger partial charge on any atom is -0.493 e. The van der Waals surface area contributed by atoms with E-state index in [2.05, 4.69) is 37.1 Å². The van der Waals surface area contributed by atoms with Crippen molar-refractivity contribution in [1.29, 1.82) is 0 Å². The van der Waals surface area contributed by atoms with Gasteiger partial charge < -0.3 is 14.8 Å². The van der Waals surface area contributed by atoms with E-state index in [1.807, 2.05) is 12.1 Å². The average Bonchev–Trinajstić information content (AvgIpc) is 2.45. The molecule has 0 spiro atoms. The van der Waals surface area contributed by atoms with Crippen molar-refractivity contribution in [3.05, 3.63) is 23.8 Å². The SMILES string of the molecule is CC#CCOc1ccc(C(C)NCCC)cc1OC. The molecule has 0 radical (unpaired) electrons. The van der Waals surface area contributed by atoms with E-state index < -0.39 is 0 Å². The molecule has 0 aliphatic carbocycles. The Kier molecular flexibility index (Phi) is 6.84. The molecule has 1 rings (SSSR count). The fourth-order valence-electron chi connectivity index (χ4n) is 1.74. The maximum absolute atomic E-state index is 5.57. The first-order chi connectivity index (χ1) is 9.22. The summed E-state index contributed by atoms with van der Waals surface area (Å²) in [6, 6.07) is 6.32. The van der Waals surface area contributed by atoms with Gasteiger partial charge in [0.1, 0.15) is 6.61 Å². The van der Waals surface area contributed by atoms with Crippen molar-refractivity contribution in [2.75, 3.05) is 20.3 Å². The van der Waals surface area contributed by atoms with Crippen molar-refractivity contribution >= 4 is 0 Å². The largest absolute Gasteiger partial charge is 0.493 e. The minimum atomic E-state index is 0.304. The number of benzene rings is 1. The van der Waals surface area contributed by atoms with Crippen LogP contribution in [-0.4, -0.2) is 20.3 Å². The predicted octanol–water partition coefficient (Wildman–Crippen LogP) is 3.16. The monoisotopic (exact) mass is 261 g/mol. The summed E-state index contributed by atoms with van der Waals surface area (Å²) in [5.41, 5.74) is 1.19. The average molecular weight is 261 g/mol. The lowest BCUT2D eigenvalue weighted by Gasteiger charge is -2.16. The van der Waals surface area contributed by atoms with Crippen LogP contribution in [0.2, 0.25) is 0 Å². The van der Waals surface area contributed by atoms with Crippen LogP contribution in [0.4, 0.5) is 0 Å². The summed E-state index contributed by atoms with van der Waals surface area (Å²) in [6.07, 6.45) is 1.12. The third-order valence-corrected chi connectivity index (χ3v) is 2.86. The van der Waals surface area contributed by atoms with Crippen LogP contribution < -0.4 is 14.8 Å².